The number of fused-ring (bicyclic) bond motifs is 2. The number of nitrogens with one attached hydrogen (secondary N) is 2. The lowest BCUT2D eigenvalue weighted by molar-refractivity contribution is -0.136. The molecule has 130 valence electrons. The van der Waals surface area contributed by atoms with Crippen molar-refractivity contribution in [3.05, 3.63) is 47.9 Å². The minimum absolute atomic E-state index is 0.0218. The van der Waals surface area contributed by atoms with Gasteiger partial charge in [0.2, 0.25) is 0 Å². The summed E-state index contributed by atoms with van der Waals surface area (Å²) in [6.45, 7) is 0.808. The van der Waals surface area contributed by atoms with Gasteiger partial charge in [0.1, 0.15) is 17.8 Å². The van der Waals surface area contributed by atoms with Crippen LogP contribution in [0.1, 0.15) is 23.6 Å². The van der Waals surface area contributed by atoms with E-state index >= 15 is 0 Å². The van der Waals surface area contributed by atoms with Crippen LogP contribution < -0.4 is 10.2 Å². The Hall–Kier alpha value is -2.77. The molecule has 5 nitrogen and oxygen atoms in total. The number of H-pyrrole nitrogens is 1. The summed E-state index contributed by atoms with van der Waals surface area (Å²) in [4.78, 5) is 12.7. The monoisotopic (exact) mass is 347 g/mol. The van der Waals surface area contributed by atoms with Gasteiger partial charge in [0.05, 0.1) is 17.0 Å². The van der Waals surface area contributed by atoms with Crippen LogP contribution >= 0.6 is 0 Å². The van der Waals surface area contributed by atoms with Gasteiger partial charge < -0.3 is 15.2 Å². The smallest absolute Gasteiger partial charge is 0.374 e. The van der Waals surface area contributed by atoms with Crippen LogP contribution in [-0.2, 0) is 6.18 Å². The topological polar surface area (TPSA) is 56.8 Å². The van der Waals surface area contributed by atoms with E-state index in [1.165, 1.54) is 6.33 Å². The molecule has 1 aromatic carbocycles. The maximum absolute atomic E-state index is 13.3. The van der Waals surface area contributed by atoms with Crippen LogP contribution in [-0.4, -0.2) is 28.5 Å². The van der Waals surface area contributed by atoms with Crippen LogP contribution in [0.25, 0.3) is 11.0 Å². The Kier molecular flexibility index (Phi) is 3.55. The molecule has 1 unspecified atom stereocenters. The highest BCUT2D eigenvalue weighted by Crippen LogP contribution is 2.39. The van der Waals surface area contributed by atoms with Gasteiger partial charge in [-0.1, -0.05) is 18.2 Å². The average Bonchev–Trinajstić information content (AvgIpc) is 3.03. The van der Waals surface area contributed by atoms with Crippen LogP contribution in [0, 0.1) is 0 Å². The van der Waals surface area contributed by atoms with E-state index < -0.39 is 11.7 Å². The number of benzene rings is 1. The van der Waals surface area contributed by atoms with Gasteiger partial charge in [-0.2, -0.15) is 13.2 Å². The predicted octanol–water partition coefficient (Wildman–Crippen LogP) is 3.97. The summed E-state index contributed by atoms with van der Waals surface area (Å²) in [5.41, 5.74) is 1.53. The number of alkyl halides is 3. The summed E-state index contributed by atoms with van der Waals surface area (Å²) in [6, 6.07) is 7.77. The van der Waals surface area contributed by atoms with Crippen molar-refractivity contribution < 1.29 is 13.2 Å². The van der Waals surface area contributed by atoms with Crippen molar-refractivity contribution in [1.29, 1.82) is 0 Å². The molecule has 0 radical (unpaired) electrons. The molecule has 0 amide bonds. The zero-order valence-electron chi connectivity index (χ0n) is 13.4. The van der Waals surface area contributed by atoms with Crippen molar-refractivity contribution in [2.45, 2.75) is 18.6 Å². The lowest BCUT2D eigenvalue weighted by atomic mass is 9.96. The zero-order chi connectivity index (χ0) is 17.6. The fraction of sp³-hybridized carbons (Fsp3) is 0.294. The molecule has 1 atom stereocenters. The van der Waals surface area contributed by atoms with E-state index in [0.717, 1.165) is 30.4 Å². The second-order valence-corrected chi connectivity index (χ2v) is 6.11. The van der Waals surface area contributed by atoms with Crippen molar-refractivity contribution in [3.63, 3.8) is 0 Å². The van der Waals surface area contributed by atoms with Crippen LogP contribution in [0.2, 0.25) is 0 Å². The number of hydrogen-bond acceptors (Lipinski definition) is 4. The maximum Gasteiger partial charge on any atom is 0.418 e. The normalized spacial score (nSPS) is 17.6. The third kappa shape index (κ3) is 2.67. The predicted molar refractivity (Wildman–Crippen MR) is 89.6 cm³/mol. The zero-order valence-corrected chi connectivity index (χ0v) is 13.4. The molecule has 0 fully saturated rings. The molecule has 3 aromatic rings. The molecular weight excluding hydrogens is 331 g/mol. The summed E-state index contributed by atoms with van der Waals surface area (Å²) in [5.74, 6) is 0.197. The Morgan fingerprint density at radius 3 is 2.84 bits per heavy atom. The van der Waals surface area contributed by atoms with Crippen LogP contribution in [0.4, 0.5) is 24.7 Å². The van der Waals surface area contributed by atoms with Gasteiger partial charge >= 0.3 is 6.18 Å². The van der Waals surface area contributed by atoms with E-state index in [2.05, 4.69) is 25.2 Å². The molecule has 1 aliphatic rings. The molecule has 4 rings (SSSR count). The van der Waals surface area contributed by atoms with Crippen LogP contribution in [0.15, 0.2) is 36.8 Å². The van der Waals surface area contributed by atoms with Gasteiger partial charge in [0.25, 0.3) is 0 Å². The fourth-order valence-electron chi connectivity index (χ4n) is 3.34. The number of rotatable bonds is 2. The van der Waals surface area contributed by atoms with Crippen molar-refractivity contribution in [1.82, 2.24) is 15.0 Å². The summed E-state index contributed by atoms with van der Waals surface area (Å²) < 4.78 is 39.9. The minimum atomic E-state index is -4.47. The Bertz CT molecular complexity index is 918. The summed E-state index contributed by atoms with van der Waals surface area (Å²) in [7, 11) is 2.01. The molecule has 0 aliphatic carbocycles. The van der Waals surface area contributed by atoms with E-state index in [1.807, 2.05) is 31.3 Å². The second kappa shape index (κ2) is 5.65. The molecule has 25 heavy (non-hydrogen) atoms. The summed E-state index contributed by atoms with van der Waals surface area (Å²) >= 11 is 0. The molecule has 0 saturated carbocycles. The first kappa shape index (κ1) is 15.7. The lowest BCUT2D eigenvalue weighted by Crippen LogP contribution is -2.30. The number of aromatic nitrogens is 3. The first-order valence-corrected chi connectivity index (χ1v) is 7.91. The number of halogens is 3. The summed E-state index contributed by atoms with van der Waals surface area (Å²) in [6.07, 6.45) is -1.50. The number of aromatic amines is 1. The van der Waals surface area contributed by atoms with E-state index in [1.54, 1.807) is 0 Å². The van der Waals surface area contributed by atoms with Gasteiger partial charge in [-0.25, -0.2) is 9.97 Å². The Morgan fingerprint density at radius 2 is 2.04 bits per heavy atom. The minimum Gasteiger partial charge on any atom is -0.374 e. The van der Waals surface area contributed by atoms with E-state index in [9.17, 15) is 13.2 Å². The van der Waals surface area contributed by atoms with Crippen LogP contribution in [0.3, 0.4) is 0 Å². The molecule has 2 N–H and O–H groups in total. The molecule has 0 spiro atoms. The van der Waals surface area contributed by atoms with E-state index in [0.29, 0.717) is 0 Å². The van der Waals surface area contributed by atoms with Crippen molar-refractivity contribution >= 4 is 22.5 Å². The molecule has 0 saturated heterocycles. The van der Waals surface area contributed by atoms with Gasteiger partial charge in [-0.3, -0.25) is 0 Å². The molecule has 1 aliphatic heterocycles. The summed E-state index contributed by atoms with van der Waals surface area (Å²) in [5, 5.41) is 3.18. The lowest BCUT2D eigenvalue weighted by Gasteiger charge is -2.33. The Morgan fingerprint density at radius 1 is 1.24 bits per heavy atom. The number of nitrogens with zero attached hydrogens (tertiary/aromatic N) is 3. The third-order valence-electron chi connectivity index (χ3n) is 4.56. The van der Waals surface area contributed by atoms with Crippen molar-refractivity contribution in [3.8, 4) is 0 Å². The third-order valence-corrected chi connectivity index (χ3v) is 4.56. The fourth-order valence-corrected chi connectivity index (χ4v) is 3.34. The SMILES string of the molecule is CN1CCC(Nc2ncnc3[nH]cc(C(F)(F)F)c23)c2ccccc21. The van der Waals surface area contributed by atoms with Crippen molar-refractivity contribution in [2.24, 2.45) is 0 Å². The van der Waals surface area contributed by atoms with Gasteiger partial charge in [-0.05, 0) is 18.1 Å². The number of anilines is 2. The van der Waals surface area contributed by atoms with Crippen molar-refractivity contribution in [2.75, 3.05) is 23.8 Å². The average molecular weight is 347 g/mol. The quantitative estimate of drug-likeness (QED) is 0.736. The van der Waals surface area contributed by atoms with E-state index in [4.69, 9.17) is 0 Å². The molecule has 0 bridgehead atoms. The maximum atomic E-state index is 13.3. The highest BCUT2D eigenvalue weighted by molar-refractivity contribution is 5.91. The first-order valence-electron chi connectivity index (χ1n) is 7.91. The molecule has 2 aromatic heterocycles. The van der Waals surface area contributed by atoms with E-state index in [-0.39, 0.29) is 22.9 Å². The Balaban J connectivity index is 1.77. The molecule has 8 heteroatoms. The standard InChI is InChI=1S/C17H16F3N5/c1-25-7-6-12(10-4-2-3-5-13(10)25)24-16-14-11(17(18,19)20)8-21-15(14)22-9-23-16/h2-5,8-9,12H,6-7H2,1H3,(H2,21,22,23,24). The second-order valence-electron chi connectivity index (χ2n) is 6.11. The first-order chi connectivity index (χ1) is 11.9. The van der Waals surface area contributed by atoms with Gasteiger partial charge in [0, 0.05) is 25.5 Å². The highest BCUT2D eigenvalue weighted by atomic mass is 19.4. The Labute approximate surface area is 141 Å². The molecular formula is C17H16F3N5. The number of hydrogen-bond donors (Lipinski definition) is 2. The highest BCUT2D eigenvalue weighted by Gasteiger charge is 2.35. The largest absolute Gasteiger partial charge is 0.418 e. The van der Waals surface area contributed by atoms with Gasteiger partial charge in [-0.15, -0.1) is 0 Å². The number of para-hydroxylation sites is 1. The van der Waals surface area contributed by atoms with Gasteiger partial charge in [0.15, 0.2) is 0 Å². The molecule has 3 heterocycles. The van der Waals surface area contributed by atoms with Crippen LogP contribution in [0.5, 0.6) is 0 Å².